The molecule has 0 atom stereocenters. The van der Waals surface area contributed by atoms with Crippen LogP contribution in [0.5, 0.6) is 0 Å². The number of piperazine rings is 1. The van der Waals surface area contributed by atoms with Gasteiger partial charge in [0.15, 0.2) is 0 Å². The fourth-order valence-electron chi connectivity index (χ4n) is 2.45. The summed E-state index contributed by atoms with van der Waals surface area (Å²) >= 11 is 0. The molecule has 21 heavy (non-hydrogen) atoms. The Balaban J connectivity index is 1.85. The van der Waals surface area contributed by atoms with Gasteiger partial charge < -0.3 is 14.7 Å². The summed E-state index contributed by atoms with van der Waals surface area (Å²) in [6.45, 7) is 6.81. The number of aryl methyl sites for hydroxylation is 2. The van der Waals surface area contributed by atoms with Crippen LogP contribution in [0.15, 0.2) is 4.52 Å². The summed E-state index contributed by atoms with van der Waals surface area (Å²) < 4.78 is 5.08. The predicted octanol–water partition coefficient (Wildman–Crippen LogP) is -0.276. The Bertz CT molecular complexity index is 499. The molecule has 7 heteroatoms. The van der Waals surface area contributed by atoms with Crippen LogP contribution >= 0.6 is 0 Å². The third-order valence-electron chi connectivity index (χ3n) is 3.88. The van der Waals surface area contributed by atoms with Crippen molar-refractivity contribution in [1.82, 2.24) is 20.3 Å². The lowest BCUT2D eigenvalue weighted by molar-refractivity contribution is -0.132. The number of nitrogens with zero attached hydrogens (tertiary/aromatic N) is 3. The summed E-state index contributed by atoms with van der Waals surface area (Å²) in [6.07, 6.45) is 0.330. The molecule has 1 N–H and O–H groups in total. The second kappa shape index (κ2) is 6.71. The molecule has 2 rings (SSSR count). The van der Waals surface area contributed by atoms with Crippen molar-refractivity contribution in [3.05, 3.63) is 17.0 Å². The van der Waals surface area contributed by atoms with Crippen LogP contribution in [0.3, 0.4) is 0 Å². The van der Waals surface area contributed by atoms with Gasteiger partial charge in [-0.05, 0) is 13.8 Å². The second-order valence-electron chi connectivity index (χ2n) is 5.31. The van der Waals surface area contributed by atoms with E-state index < -0.39 is 0 Å². The van der Waals surface area contributed by atoms with Gasteiger partial charge in [-0.25, -0.2) is 0 Å². The zero-order valence-corrected chi connectivity index (χ0v) is 12.8. The Hall–Kier alpha value is -1.89. The van der Waals surface area contributed by atoms with Gasteiger partial charge in [0, 0.05) is 38.8 Å². The van der Waals surface area contributed by atoms with Crippen LogP contribution in [0.25, 0.3) is 0 Å². The fraction of sp³-hybridized carbons (Fsp3) is 0.643. The van der Waals surface area contributed by atoms with Crippen LogP contribution in [-0.2, 0) is 16.0 Å². The normalized spacial score (nSPS) is 16.0. The summed E-state index contributed by atoms with van der Waals surface area (Å²) in [6, 6.07) is 0. The van der Waals surface area contributed by atoms with E-state index in [9.17, 15) is 9.59 Å². The number of rotatable bonds is 4. The van der Waals surface area contributed by atoms with Crippen molar-refractivity contribution < 1.29 is 14.1 Å². The Morgan fingerprint density at radius 1 is 1.24 bits per heavy atom. The first-order valence-corrected chi connectivity index (χ1v) is 7.13. The summed E-state index contributed by atoms with van der Waals surface area (Å²) in [7, 11) is 1.63. The Morgan fingerprint density at radius 2 is 1.90 bits per heavy atom. The molecule has 1 aliphatic rings. The number of aromatic nitrogens is 1. The van der Waals surface area contributed by atoms with Crippen LogP contribution in [0, 0.1) is 13.8 Å². The highest BCUT2D eigenvalue weighted by molar-refractivity contribution is 5.79. The number of amides is 2. The van der Waals surface area contributed by atoms with Gasteiger partial charge in [0.05, 0.1) is 18.7 Å². The fourth-order valence-corrected chi connectivity index (χ4v) is 2.45. The molecule has 1 aromatic heterocycles. The van der Waals surface area contributed by atoms with Crippen molar-refractivity contribution in [2.45, 2.75) is 20.3 Å². The van der Waals surface area contributed by atoms with Crippen LogP contribution < -0.4 is 5.32 Å². The topological polar surface area (TPSA) is 78.7 Å². The lowest BCUT2D eigenvalue weighted by atomic mass is 10.1. The first-order valence-electron chi connectivity index (χ1n) is 7.13. The van der Waals surface area contributed by atoms with E-state index in [1.165, 1.54) is 0 Å². The van der Waals surface area contributed by atoms with Crippen molar-refractivity contribution in [3.8, 4) is 0 Å². The molecule has 7 nitrogen and oxygen atoms in total. The lowest BCUT2D eigenvalue weighted by Crippen LogP contribution is -2.51. The molecule has 0 spiro atoms. The van der Waals surface area contributed by atoms with Gasteiger partial charge in [0.25, 0.3) is 0 Å². The molecule has 1 saturated heterocycles. The largest absolute Gasteiger partial charge is 0.361 e. The van der Waals surface area contributed by atoms with Gasteiger partial charge >= 0.3 is 0 Å². The Labute approximate surface area is 124 Å². The zero-order chi connectivity index (χ0) is 15.4. The summed E-state index contributed by atoms with van der Waals surface area (Å²) in [4.78, 5) is 27.5. The number of likely N-dealkylation sites (N-methyl/N-ethyl adjacent to an activating group) is 1. The predicted molar refractivity (Wildman–Crippen MR) is 76.8 cm³/mol. The van der Waals surface area contributed by atoms with E-state index in [4.69, 9.17) is 4.52 Å². The maximum absolute atomic E-state index is 12.3. The van der Waals surface area contributed by atoms with Gasteiger partial charge in [-0.3, -0.25) is 14.5 Å². The SMILES string of the molecule is CNC(=O)CN1CCN(C(=O)Cc2c(C)noc2C)CC1. The molecule has 0 aliphatic carbocycles. The molecule has 0 aromatic carbocycles. The number of hydrogen-bond acceptors (Lipinski definition) is 5. The molecule has 1 aromatic rings. The highest BCUT2D eigenvalue weighted by Gasteiger charge is 2.23. The molecular formula is C14H22N4O3. The monoisotopic (exact) mass is 294 g/mol. The van der Waals surface area contributed by atoms with Crippen LogP contribution in [0.2, 0.25) is 0 Å². The summed E-state index contributed by atoms with van der Waals surface area (Å²) in [5.74, 6) is 0.800. The molecule has 0 saturated carbocycles. The summed E-state index contributed by atoms with van der Waals surface area (Å²) in [5.41, 5.74) is 1.66. The summed E-state index contributed by atoms with van der Waals surface area (Å²) in [5, 5.41) is 6.48. The van der Waals surface area contributed by atoms with Gasteiger partial charge in [-0.2, -0.15) is 0 Å². The van der Waals surface area contributed by atoms with E-state index in [-0.39, 0.29) is 11.8 Å². The minimum absolute atomic E-state index is 0.00509. The number of carbonyl (C=O) groups is 2. The van der Waals surface area contributed by atoms with Crippen molar-refractivity contribution in [2.75, 3.05) is 39.8 Å². The Morgan fingerprint density at radius 3 is 2.43 bits per heavy atom. The van der Waals surface area contributed by atoms with E-state index in [1.54, 1.807) is 7.05 Å². The standard InChI is InChI=1S/C14H22N4O3/c1-10-12(11(2)21-16-10)8-14(20)18-6-4-17(5-7-18)9-13(19)15-3/h4-9H2,1-3H3,(H,15,19). The average Bonchev–Trinajstić information content (AvgIpc) is 2.79. The number of hydrogen-bond donors (Lipinski definition) is 1. The van der Waals surface area contributed by atoms with Crippen LogP contribution in [0.1, 0.15) is 17.0 Å². The van der Waals surface area contributed by atoms with Crippen molar-refractivity contribution in [2.24, 2.45) is 0 Å². The van der Waals surface area contributed by atoms with Gasteiger partial charge in [0.1, 0.15) is 5.76 Å². The van der Waals surface area contributed by atoms with E-state index in [0.717, 1.165) is 24.3 Å². The van der Waals surface area contributed by atoms with E-state index >= 15 is 0 Å². The highest BCUT2D eigenvalue weighted by Crippen LogP contribution is 2.14. The molecule has 2 amide bonds. The third kappa shape index (κ3) is 3.81. The molecule has 0 unspecified atom stereocenters. The molecule has 2 heterocycles. The van der Waals surface area contributed by atoms with Crippen LogP contribution in [0.4, 0.5) is 0 Å². The zero-order valence-electron chi connectivity index (χ0n) is 12.8. The van der Waals surface area contributed by atoms with Crippen molar-refractivity contribution in [1.29, 1.82) is 0 Å². The number of nitrogens with one attached hydrogen (secondary N) is 1. The first-order chi connectivity index (χ1) is 10.0. The minimum Gasteiger partial charge on any atom is -0.361 e. The highest BCUT2D eigenvalue weighted by atomic mass is 16.5. The van der Waals surface area contributed by atoms with Gasteiger partial charge in [0.2, 0.25) is 11.8 Å². The molecule has 1 fully saturated rings. The molecular weight excluding hydrogens is 272 g/mol. The smallest absolute Gasteiger partial charge is 0.233 e. The van der Waals surface area contributed by atoms with E-state index in [0.29, 0.717) is 31.8 Å². The number of carbonyl (C=O) groups excluding carboxylic acids is 2. The second-order valence-corrected chi connectivity index (χ2v) is 5.31. The maximum atomic E-state index is 12.3. The van der Waals surface area contributed by atoms with Crippen LogP contribution in [-0.4, -0.2) is 66.5 Å². The van der Waals surface area contributed by atoms with Gasteiger partial charge in [-0.15, -0.1) is 0 Å². The van der Waals surface area contributed by atoms with E-state index in [1.807, 2.05) is 18.7 Å². The lowest BCUT2D eigenvalue weighted by Gasteiger charge is -2.34. The quantitative estimate of drug-likeness (QED) is 0.826. The average molecular weight is 294 g/mol. The molecule has 1 aliphatic heterocycles. The molecule has 0 radical (unpaired) electrons. The Kier molecular flexibility index (Phi) is 4.95. The molecule has 116 valence electrons. The first kappa shape index (κ1) is 15.5. The van der Waals surface area contributed by atoms with Crippen molar-refractivity contribution >= 4 is 11.8 Å². The molecule has 0 bridgehead atoms. The van der Waals surface area contributed by atoms with Crippen molar-refractivity contribution in [3.63, 3.8) is 0 Å². The van der Waals surface area contributed by atoms with E-state index in [2.05, 4.69) is 15.4 Å². The third-order valence-corrected chi connectivity index (χ3v) is 3.88. The van der Waals surface area contributed by atoms with Gasteiger partial charge in [-0.1, -0.05) is 5.16 Å². The maximum Gasteiger partial charge on any atom is 0.233 e. The minimum atomic E-state index is 0.00509.